The third kappa shape index (κ3) is 3.82. The van der Waals surface area contributed by atoms with Crippen LogP contribution in [0.3, 0.4) is 0 Å². The van der Waals surface area contributed by atoms with E-state index in [9.17, 15) is 4.79 Å². The van der Waals surface area contributed by atoms with E-state index in [1.54, 1.807) is 6.20 Å². The Morgan fingerprint density at radius 2 is 1.80 bits per heavy atom. The summed E-state index contributed by atoms with van der Waals surface area (Å²) in [5.74, 6) is 0.749. The second-order valence-electron chi connectivity index (χ2n) is 8.10. The topological polar surface area (TPSA) is 74.3 Å². The van der Waals surface area contributed by atoms with E-state index in [0.717, 1.165) is 28.2 Å². The van der Waals surface area contributed by atoms with Crippen LogP contribution in [0.1, 0.15) is 32.0 Å². The van der Waals surface area contributed by atoms with Crippen LogP contribution in [0.25, 0.3) is 5.57 Å². The average molecular weight is 469 g/mol. The van der Waals surface area contributed by atoms with Crippen LogP contribution in [0.15, 0.2) is 76.3 Å². The summed E-state index contributed by atoms with van der Waals surface area (Å²) in [4.78, 5) is 17.5. The third-order valence-electron chi connectivity index (χ3n) is 5.00. The fraction of sp³-hybridized carbons (Fsp3) is 0.261. The van der Waals surface area contributed by atoms with Crippen LogP contribution in [0.2, 0.25) is 0 Å². The summed E-state index contributed by atoms with van der Waals surface area (Å²) in [5.41, 5.74) is 4.27. The minimum absolute atomic E-state index is 0. The van der Waals surface area contributed by atoms with Gasteiger partial charge in [0.15, 0.2) is 0 Å². The van der Waals surface area contributed by atoms with E-state index in [0.29, 0.717) is 5.69 Å². The Balaban J connectivity index is 0.00000256. The standard InChI is InChI=1S/C23H24N4O2.BrH/c1-23(2,3)20-19(16-9-5-4-6-10-16)18-11-7-8-12-26(18)21(20)25-17-15-24-27(13-14-28)22(17)29;/h4-12,15,28H,13-14H2,1-3H3;1H. The van der Waals surface area contributed by atoms with E-state index in [4.69, 9.17) is 10.1 Å². The largest absolute Gasteiger partial charge is 1.00 e. The number of hydrogen-bond donors (Lipinski definition) is 2. The van der Waals surface area contributed by atoms with Crippen molar-refractivity contribution in [3.8, 4) is 0 Å². The van der Waals surface area contributed by atoms with Crippen molar-refractivity contribution in [2.75, 3.05) is 6.61 Å². The number of H-pyrrole nitrogens is 1. The number of nitrogens with zero attached hydrogens (tertiary/aromatic N) is 3. The Bertz CT molecular complexity index is 1170. The number of aliphatic hydroxyl groups excluding tert-OH is 1. The maximum Gasteiger partial charge on any atom is 0.333 e. The summed E-state index contributed by atoms with van der Waals surface area (Å²) in [7, 11) is 0. The normalized spacial score (nSPS) is 14.7. The fourth-order valence-electron chi connectivity index (χ4n) is 3.77. The summed E-state index contributed by atoms with van der Waals surface area (Å²) in [6.45, 7) is 6.58. The molecule has 4 rings (SSSR count). The van der Waals surface area contributed by atoms with Crippen molar-refractivity contribution in [1.82, 2.24) is 9.78 Å². The maximum absolute atomic E-state index is 12.7. The molecule has 0 amide bonds. The number of nitrogens with one attached hydrogen (secondary N) is 1. The summed E-state index contributed by atoms with van der Waals surface area (Å²) < 4.78 is 3.41. The molecule has 3 heterocycles. The molecule has 0 atom stereocenters. The number of aliphatic imine (C=N–C) groups is 1. The van der Waals surface area contributed by atoms with Gasteiger partial charge in [-0.25, -0.2) is 4.68 Å². The minimum Gasteiger partial charge on any atom is -1.00 e. The lowest BCUT2D eigenvalue weighted by Gasteiger charge is -2.19. The van der Waals surface area contributed by atoms with Gasteiger partial charge in [-0.1, -0.05) is 57.2 Å². The van der Waals surface area contributed by atoms with Gasteiger partial charge in [-0.05, 0) is 28.1 Å². The highest BCUT2D eigenvalue weighted by Gasteiger charge is 2.41. The highest BCUT2D eigenvalue weighted by atomic mass is 79.9. The molecule has 2 N–H and O–H groups in total. The number of aromatic amines is 1. The molecule has 0 saturated carbocycles. The van der Waals surface area contributed by atoms with Gasteiger partial charge in [0.2, 0.25) is 0 Å². The molecule has 6 nitrogen and oxygen atoms in total. The summed E-state index contributed by atoms with van der Waals surface area (Å²) >= 11 is 0. The summed E-state index contributed by atoms with van der Waals surface area (Å²) in [6.07, 6.45) is 3.57. The molecule has 156 valence electrons. The molecule has 3 aromatic rings. The number of benzene rings is 1. The zero-order chi connectivity index (χ0) is 20.6. The first-order valence-electron chi connectivity index (χ1n) is 9.71. The number of hydrogen-bond acceptors (Lipinski definition) is 3. The van der Waals surface area contributed by atoms with Crippen LogP contribution in [0.5, 0.6) is 0 Å². The lowest BCUT2D eigenvalue weighted by Crippen LogP contribution is -3.00. The van der Waals surface area contributed by atoms with Gasteiger partial charge >= 0.3 is 11.4 Å². The Kier molecular flexibility index (Phi) is 6.24. The van der Waals surface area contributed by atoms with E-state index in [2.05, 4.69) is 44.1 Å². The fourth-order valence-corrected chi connectivity index (χ4v) is 3.77. The highest BCUT2D eigenvalue weighted by molar-refractivity contribution is 6.08. The molecule has 1 aliphatic rings. The molecule has 0 fully saturated rings. The molecular formula is C23H25BrN4O2. The van der Waals surface area contributed by atoms with Crippen LogP contribution in [0.4, 0.5) is 5.69 Å². The molecule has 1 aliphatic heterocycles. The zero-order valence-electron chi connectivity index (χ0n) is 17.3. The summed E-state index contributed by atoms with van der Waals surface area (Å²) in [5, 5.41) is 12.0. The van der Waals surface area contributed by atoms with E-state index in [1.165, 1.54) is 4.68 Å². The van der Waals surface area contributed by atoms with E-state index < -0.39 is 0 Å². The predicted octanol–water partition coefficient (Wildman–Crippen LogP) is -0.0999. The van der Waals surface area contributed by atoms with Crippen molar-refractivity contribution in [2.24, 2.45) is 10.4 Å². The van der Waals surface area contributed by atoms with E-state index in [-0.39, 0.29) is 41.1 Å². The van der Waals surface area contributed by atoms with Gasteiger partial charge in [0.25, 0.3) is 5.69 Å². The summed E-state index contributed by atoms with van der Waals surface area (Å²) in [6, 6.07) is 16.3. The number of fused-ring (bicyclic) bond motifs is 1. The van der Waals surface area contributed by atoms with Crippen LogP contribution >= 0.6 is 0 Å². The van der Waals surface area contributed by atoms with E-state index >= 15 is 0 Å². The Labute approximate surface area is 186 Å². The molecule has 30 heavy (non-hydrogen) atoms. The molecule has 0 saturated heterocycles. The first-order valence-corrected chi connectivity index (χ1v) is 9.71. The molecule has 0 aliphatic carbocycles. The quantitative estimate of drug-likeness (QED) is 0.524. The van der Waals surface area contributed by atoms with Gasteiger partial charge in [0.1, 0.15) is 5.69 Å². The van der Waals surface area contributed by atoms with Crippen molar-refractivity contribution < 1.29 is 26.7 Å². The van der Waals surface area contributed by atoms with Gasteiger partial charge in [-0.2, -0.15) is 4.57 Å². The molecule has 0 unspecified atom stereocenters. The number of halogens is 1. The first-order chi connectivity index (χ1) is 13.9. The van der Waals surface area contributed by atoms with Crippen LogP contribution in [-0.2, 0) is 6.54 Å². The molecule has 0 radical (unpaired) electrons. The van der Waals surface area contributed by atoms with Gasteiger partial charge in [0, 0.05) is 5.57 Å². The van der Waals surface area contributed by atoms with Crippen molar-refractivity contribution in [3.05, 3.63) is 88.1 Å². The van der Waals surface area contributed by atoms with Gasteiger partial charge in [0.05, 0.1) is 31.1 Å². The number of aliphatic hydroxyl groups is 1. The Morgan fingerprint density at radius 3 is 2.47 bits per heavy atom. The molecule has 0 spiro atoms. The Morgan fingerprint density at radius 1 is 1.10 bits per heavy atom. The molecule has 2 aromatic heterocycles. The lowest BCUT2D eigenvalue weighted by molar-refractivity contribution is -0.554. The monoisotopic (exact) mass is 468 g/mol. The van der Waals surface area contributed by atoms with E-state index in [1.807, 2.05) is 41.1 Å². The average Bonchev–Trinajstić information content (AvgIpc) is 3.22. The zero-order valence-corrected chi connectivity index (χ0v) is 18.8. The van der Waals surface area contributed by atoms with Gasteiger partial charge in [-0.15, -0.1) is 0 Å². The molecule has 1 aromatic carbocycles. The molecule has 0 bridgehead atoms. The SMILES string of the molecule is CC(C)(C)C1=C(c2ccccc2)c2cccc[n+]2C1=Nc1c[nH]n(CCO)c1=O.[Br-]. The highest BCUT2D eigenvalue weighted by Crippen LogP contribution is 2.39. The number of allylic oxidation sites excluding steroid dienone is 1. The van der Waals surface area contributed by atoms with Crippen molar-refractivity contribution in [3.63, 3.8) is 0 Å². The number of pyridine rings is 1. The van der Waals surface area contributed by atoms with Crippen molar-refractivity contribution in [1.29, 1.82) is 0 Å². The third-order valence-corrected chi connectivity index (χ3v) is 5.00. The molecule has 7 heteroatoms. The number of rotatable bonds is 4. The van der Waals surface area contributed by atoms with Gasteiger partial charge in [-0.3, -0.25) is 9.89 Å². The van der Waals surface area contributed by atoms with Crippen molar-refractivity contribution >= 4 is 17.1 Å². The lowest BCUT2D eigenvalue weighted by atomic mass is 9.81. The Hall–Kier alpha value is -2.77. The van der Waals surface area contributed by atoms with Crippen LogP contribution < -0.4 is 27.1 Å². The smallest absolute Gasteiger partial charge is 0.333 e. The maximum atomic E-state index is 12.7. The van der Waals surface area contributed by atoms with Crippen LogP contribution in [-0.4, -0.2) is 27.3 Å². The predicted molar refractivity (Wildman–Crippen MR) is 113 cm³/mol. The molecular weight excluding hydrogens is 444 g/mol. The van der Waals surface area contributed by atoms with Crippen molar-refractivity contribution in [2.45, 2.75) is 27.3 Å². The van der Waals surface area contributed by atoms with Crippen LogP contribution in [0, 0.1) is 5.41 Å². The second kappa shape index (κ2) is 8.53. The van der Waals surface area contributed by atoms with Gasteiger partial charge < -0.3 is 22.1 Å². The minimum atomic E-state index is -0.244. The number of aromatic nitrogens is 3. The first kappa shape index (κ1) is 21.9. The second-order valence-corrected chi connectivity index (χ2v) is 8.10.